The minimum absolute atomic E-state index is 0.0721. The third-order valence-electron chi connectivity index (χ3n) is 6.88. The van der Waals surface area contributed by atoms with E-state index in [1.807, 2.05) is 30.6 Å². The van der Waals surface area contributed by atoms with Gasteiger partial charge in [0.05, 0.1) is 17.3 Å². The Kier molecular flexibility index (Phi) is 5.39. The van der Waals surface area contributed by atoms with Crippen LogP contribution in [0, 0.1) is 26.7 Å². The van der Waals surface area contributed by atoms with Gasteiger partial charge in [-0.2, -0.15) is 0 Å². The molecule has 0 unspecified atom stereocenters. The third kappa shape index (κ3) is 3.87. The molecule has 4 heterocycles. The van der Waals surface area contributed by atoms with Crippen LogP contribution in [0.1, 0.15) is 83.5 Å². The summed E-state index contributed by atoms with van der Waals surface area (Å²) in [5.41, 5.74) is 3.22. The van der Waals surface area contributed by atoms with Gasteiger partial charge in [-0.1, -0.05) is 0 Å². The third-order valence-corrected chi connectivity index (χ3v) is 6.88. The summed E-state index contributed by atoms with van der Waals surface area (Å²) < 4.78 is 0. The number of hydrogen-bond acceptors (Lipinski definition) is 6. The van der Waals surface area contributed by atoms with Crippen molar-refractivity contribution in [2.75, 3.05) is 18.0 Å². The average molecular weight is 435 g/mol. The van der Waals surface area contributed by atoms with E-state index >= 15 is 0 Å². The van der Waals surface area contributed by atoms with Crippen LogP contribution < -0.4 is 4.90 Å². The largest absolute Gasteiger partial charge is 0.328 e. The molecule has 32 heavy (non-hydrogen) atoms. The van der Waals surface area contributed by atoms with Crippen molar-refractivity contribution in [3.8, 4) is 0 Å². The molecule has 1 saturated heterocycles. The molecule has 168 valence electrons. The van der Waals surface area contributed by atoms with Crippen LogP contribution in [0.3, 0.4) is 0 Å². The lowest BCUT2D eigenvalue weighted by Crippen LogP contribution is -2.41. The lowest BCUT2D eigenvalue weighted by molar-refractivity contribution is -0.119. The fourth-order valence-corrected chi connectivity index (χ4v) is 4.89. The molecular weight excluding hydrogens is 404 g/mol. The first-order valence-electron chi connectivity index (χ1n) is 11.7. The number of hydrogen-bond donors (Lipinski definition) is 0. The van der Waals surface area contributed by atoms with Gasteiger partial charge in [0.1, 0.15) is 11.6 Å². The summed E-state index contributed by atoms with van der Waals surface area (Å²) in [5, 5.41) is 0. The van der Waals surface area contributed by atoms with E-state index in [2.05, 4.69) is 9.97 Å². The van der Waals surface area contributed by atoms with Gasteiger partial charge >= 0.3 is 0 Å². The quantitative estimate of drug-likeness (QED) is 0.733. The van der Waals surface area contributed by atoms with Crippen molar-refractivity contribution in [2.24, 2.45) is 5.92 Å². The highest BCUT2D eigenvalue weighted by molar-refractivity contribution is 5.96. The van der Waals surface area contributed by atoms with E-state index in [4.69, 9.17) is 9.97 Å². The predicted octanol–water partition coefficient (Wildman–Crippen LogP) is 3.25. The number of piperidine rings is 1. The first-order valence-corrected chi connectivity index (χ1v) is 11.7. The van der Waals surface area contributed by atoms with Crippen LogP contribution in [0.15, 0.2) is 6.20 Å². The van der Waals surface area contributed by atoms with Gasteiger partial charge < -0.3 is 4.90 Å². The van der Waals surface area contributed by atoms with Crippen LogP contribution >= 0.6 is 0 Å². The van der Waals surface area contributed by atoms with E-state index in [1.165, 1.54) is 12.8 Å². The van der Waals surface area contributed by atoms with Crippen LogP contribution in [0.2, 0.25) is 0 Å². The van der Waals surface area contributed by atoms with Gasteiger partial charge in [0, 0.05) is 37.0 Å². The van der Waals surface area contributed by atoms with Crippen LogP contribution in [-0.2, 0) is 11.2 Å². The molecule has 5 rings (SSSR count). The number of anilines is 1. The standard InChI is InChI=1S/C24H30N6O2/c1-14-18-9-10-21(31)30(13-17-7-8-17)23(18)28-22(27-14)20-6-4-5-11-29(20)24(32)19-12-25-16(3)26-15(19)2/h12,17,20H,4-11,13H2,1-3H3/t20-/m1/s1. The van der Waals surface area contributed by atoms with Gasteiger partial charge in [-0.05, 0) is 65.2 Å². The SMILES string of the molecule is Cc1ncc(C(=O)N2CCCC[C@@H]2c2nc(C)c3c(n2)N(CC2CC2)C(=O)CC3)c(C)n1. The van der Waals surface area contributed by atoms with Gasteiger partial charge in [-0.3, -0.25) is 14.5 Å². The molecule has 2 aliphatic heterocycles. The maximum atomic E-state index is 13.5. The molecule has 0 N–H and O–H groups in total. The van der Waals surface area contributed by atoms with Gasteiger partial charge in [0.25, 0.3) is 5.91 Å². The van der Waals surface area contributed by atoms with Gasteiger partial charge in [0.2, 0.25) is 5.91 Å². The van der Waals surface area contributed by atoms with Gasteiger partial charge in [-0.15, -0.1) is 0 Å². The molecule has 0 aromatic carbocycles. The molecule has 8 heteroatoms. The summed E-state index contributed by atoms with van der Waals surface area (Å²) in [4.78, 5) is 48.4. The second-order valence-electron chi connectivity index (χ2n) is 9.34. The van der Waals surface area contributed by atoms with Crippen LogP contribution in [0.4, 0.5) is 5.82 Å². The fraction of sp³-hybridized carbons (Fsp3) is 0.583. The van der Waals surface area contributed by atoms with Crippen LogP contribution in [0.5, 0.6) is 0 Å². The molecule has 1 saturated carbocycles. The highest BCUT2D eigenvalue weighted by Crippen LogP contribution is 2.37. The van der Waals surface area contributed by atoms with Crippen molar-refractivity contribution in [1.29, 1.82) is 0 Å². The second-order valence-corrected chi connectivity index (χ2v) is 9.34. The number of carbonyl (C=O) groups is 2. The average Bonchev–Trinajstić information content (AvgIpc) is 3.59. The second kappa shape index (κ2) is 8.22. The Morgan fingerprint density at radius 3 is 2.59 bits per heavy atom. The minimum Gasteiger partial charge on any atom is -0.328 e. The maximum Gasteiger partial charge on any atom is 0.257 e. The molecule has 1 atom stereocenters. The predicted molar refractivity (Wildman–Crippen MR) is 119 cm³/mol. The Morgan fingerprint density at radius 1 is 1.03 bits per heavy atom. The summed E-state index contributed by atoms with van der Waals surface area (Å²) in [5.74, 6) is 2.73. The molecule has 0 spiro atoms. The molecule has 8 nitrogen and oxygen atoms in total. The first kappa shape index (κ1) is 21.0. The van der Waals surface area contributed by atoms with Crippen LogP contribution in [0.25, 0.3) is 0 Å². The Bertz CT molecular complexity index is 1080. The van der Waals surface area contributed by atoms with E-state index in [0.717, 1.165) is 42.9 Å². The summed E-state index contributed by atoms with van der Waals surface area (Å²) in [6.07, 6.45) is 7.97. The topological polar surface area (TPSA) is 92.2 Å². The Morgan fingerprint density at radius 2 is 1.84 bits per heavy atom. The fourth-order valence-electron chi connectivity index (χ4n) is 4.89. The molecule has 2 aromatic heterocycles. The number of aryl methyl sites for hydroxylation is 3. The summed E-state index contributed by atoms with van der Waals surface area (Å²) in [6, 6.07) is -0.208. The number of aromatic nitrogens is 4. The van der Waals surface area contributed by atoms with E-state index in [0.29, 0.717) is 48.2 Å². The highest BCUT2D eigenvalue weighted by atomic mass is 16.2. The van der Waals surface area contributed by atoms with E-state index in [-0.39, 0.29) is 17.9 Å². The number of nitrogens with zero attached hydrogens (tertiary/aromatic N) is 6. The van der Waals surface area contributed by atoms with Crippen molar-refractivity contribution >= 4 is 17.6 Å². The first-order chi connectivity index (χ1) is 15.4. The molecular formula is C24H30N6O2. The molecule has 2 amide bonds. The molecule has 2 aromatic rings. The van der Waals surface area contributed by atoms with E-state index < -0.39 is 0 Å². The number of fused-ring (bicyclic) bond motifs is 1. The zero-order chi connectivity index (χ0) is 22.4. The van der Waals surface area contributed by atoms with Crippen molar-refractivity contribution in [1.82, 2.24) is 24.8 Å². The van der Waals surface area contributed by atoms with Crippen molar-refractivity contribution in [3.05, 3.63) is 40.4 Å². The number of rotatable bonds is 4. The molecule has 1 aliphatic carbocycles. The monoisotopic (exact) mass is 434 g/mol. The van der Waals surface area contributed by atoms with Gasteiger partial charge in [0.15, 0.2) is 5.82 Å². The Hall–Kier alpha value is -2.90. The van der Waals surface area contributed by atoms with Crippen molar-refractivity contribution < 1.29 is 9.59 Å². The lowest BCUT2D eigenvalue weighted by Gasteiger charge is -2.36. The summed E-state index contributed by atoms with van der Waals surface area (Å²) in [6.45, 7) is 7.07. The maximum absolute atomic E-state index is 13.5. The molecule has 2 fully saturated rings. The Balaban J connectivity index is 1.51. The number of carbonyl (C=O) groups excluding carboxylic acids is 2. The zero-order valence-electron chi connectivity index (χ0n) is 19.1. The highest BCUT2D eigenvalue weighted by Gasteiger charge is 2.36. The minimum atomic E-state index is -0.208. The van der Waals surface area contributed by atoms with Gasteiger partial charge in [-0.25, -0.2) is 19.9 Å². The van der Waals surface area contributed by atoms with Crippen molar-refractivity contribution in [2.45, 2.75) is 71.8 Å². The van der Waals surface area contributed by atoms with Crippen LogP contribution in [-0.4, -0.2) is 49.7 Å². The molecule has 0 bridgehead atoms. The number of amides is 2. The molecule has 3 aliphatic rings. The zero-order valence-corrected chi connectivity index (χ0v) is 19.1. The lowest BCUT2D eigenvalue weighted by atomic mass is 9.98. The number of likely N-dealkylation sites (tertiary alicyclic amines) is 1. The Labute approximate surface area is 188 Å². The smallest absolute Gasteiger partial charge is 0.257 e. The van der Waals surface area contributed by atoms with E-state index in [1.54, 1.807) is 6.20 Å². The molecule has 0 radical (unpaired) electrons. The van der Waals surface area contributed by atoms with E-state index in [9.17, 15) is 9.59 Å². The summed E-state index contributed by atoms with van der Waals surface area (Å²) in [7, 11) is 0. The normalized spacial score (nSPS) is 21.0. The summed E-state index contributed by atoms with van der Waals surface area (Å²) >= 11 is 0. The van der Waals surface area contributed by atoms with Crippen molar-refractivity contribution in [3.63, 3.8) is 0 Å².